The van der Waals surface area contributed by atoms with Crippen molar-refractivity contribution in [2.75, 3.05) is 0 Å². The van der Waals surface area contributed by atoms with Crippen molar-refractivity contribution in [2.45, 2.75) is 38.8 Å². The molecule has 0 amide bonds. The summed E-state index contributed by atoms with van der Waals surface area (Å²) in [6.45, 7) is 3.98. The van der Waals surface area contributed by atoms with E-state index in [2.05, 4.69) is 5.32 Å². The molecular weight excluding hydrogens is 302 g/mol. The Kier molecular flexibility index (Phi) is 6.27. The van der Waals surface area contributed by atoms with Gasteiger partial charge >= 0.3 is 5.97 Å². The molecule has 0 saturated heterocycles. The van der Waals surface area contributed by atoms with Gasteiger partial charge in [-0.3, -0.25) is 9.59 Å². The van der Waals surface area contributed by atoms with Crippen LogP contribution in [-0.4, -0.2) is 22.9 Å². The molecule has 2 aromatic carbocycles. The number of carbonyl (C=O) groups is 2. The molecule has 2 unspecified atom stereocenters. The topological polar surface area (TPSA) is 66.4 Å². The Balaban J connectivity index is 2.17. The third-order valence-electron chi connectivity index (χ3n) is 4.09. The number of rotatable bonds is 8. The number of hydrogen-bond donors (Lipinski definition) is 2. The van der Waals surface area contributed by atoms with E-state index in [9.17, 15) is 9.59 Å². The van der Waals surface area contributed by atoms with Crippen molar-refractivity contribution in [3.63, 3.8) is 0 Å². The smallest absolute Gasteiger partial charge is 0.305 e. The summed E-state index contributed by atoms with van der Waals surface area (Å²) in [5.41, 5.74) is 2.69. The number of carboxylic acid groups (broad SMARTS) is 1. The zero-order chi connectivity index (χ0) is 17.5. The first-order valence-corrected chi connectivity index (χ1v) is 8.17. The number of aryl methyl sites for hydroxylation is 1. The Hall–Kier alpha value is -2.46. The molecule has 0 fully saturated rings. The summed E-state index contributed by atoms with van der Waals surface area (Å²) in [6, 6.07) is 16.2. The molecule has 24 heavy (non-hydrogen) atoms. The maximum absolute atomic E-state index is 12.7. The first-order valence-electron chi connectivity index (χ1n) is 8.17. The van der Waals surface area contributed by atoms with Gasteiger partial charge in [0, 0.05) is 11.6 Å². The lowest BCUT2D eigenvalue weighted by molar-refractivity contribution is -0.137. The number of ketones is 1. The van der Waals surface area contributed by atoms with Crippen molar-refractivity contribution in [1.29, 1.82) is 0 Å². The summed E-state index contributed by atoms with van der Waals surface area (Å²) in [4.78, 5) is 23.9. The second kappa shape index (κ2) is 8.41. The van der Waals surface area contributed by atoms with Crippen LogP contribution in [0, 0.1) is 0 Å². The van der Waals surface area contributed by atoms with Crippen molar-refractivity contribution >= 4 is 11.8 Å². The summed E-state index contributed by atoms with van der Waals surface area (Å²) < 4.78 is 0. The number of carbonyl (C=O) groups excluding carboxylic acids is 1. The Morgan fingerprint density at radius 2 is 1.67 bits per heavy atom. The number of carboxylic acids is 1. The summed E-state index contributed by atoms with van der Waals surface area (Å²) in [6.07, 6.45) is 0.655. The molecule has 0 aliphatic heterocycles. The van der Waals surface area contributed by atoms with E-state index in [1.807, 2.05) is 56.3 Å². The standard InChI is InChI=1S/C20H23NO3/c1-3-15-9-11-17(12-10-15)20(24)18(13-19(22)23)21-14(2)16-7-5-4-6-8-16/h4-12,14,18,21H,3,13H2,1-2H3,(H,22,23). The molecule has 0 saturated carbocycles. The van der Waals surface area contributed by atoms with Crippen LogP contribution >= 0.6 is 0 Å². The van der Waals surface area contributed by atoms with Gasteiger partial charge in [0.15, 0.2) is 5.78 Å². The lowest BCUT2D eigenvalue weighted by atomic mass is 9.98. The second-order valence-electron chi connectivity index (χ2n) is 5.86. The molecule has 4 heteroatoms. The Morgan fingerprint density at radius 1 is 1.04 bits per heavy atom. The van der Waals surface area contributed by atoms with Gasteiger partial charge in [-0.1, -0.05) is 61.5 Å². The SMILES string of the molecule is CCc1ccc(C(=O)C(CC(=O)O)NC(C)c2ccccc2)cc1. The minimum Gasteiger partial charge on any atom is -0.481 e. The van der Waals surface area contributed by atoms with Gasteiger partial charge in [-0.25, -0.2) is 0 Å². The molecule has 0 aliphatic rings. The predicted octanol–water partition coefficient (Wildman–Crippen LogP) is 3.63. The van der Waals surface area contributed by atoms with Crippen LogP contribution in [0.15, 0.2) is 54.6 Å². The Morgan fingerprint density at radius 3 is 2.21 bits per heavy atom. The van der Waals surface area contributed by atoms with Crippen LogP contribution in [0.4, 0.5) is 0 Å². The third kappa shape index (κ3) is 4.77. The minimum atomic E-state index is -0.994. The largest absolute Gasteiger partial charge is 0.481 e. The fourth-order valence-corrected chi connectivity index (χ4v) is 2.65. The summed E-state index contributed by atoms with van der Waals surface area (Å²) in [5.74, 6) is -1.19. The van der Waals surface area contributed by atoms with Crippen LogP contribution in [0.2, 0.25) is 0 Å². The highest BCUT2D eigenvalue weighted by atomic mass is 16.4. The normalized spacial score (nSPS) is 13.2. The van der Waals surface area contributed by atoms with Gasteiger partial charge in [0.1, 0.15) is 0 Å². The molecule has 2 atom stereocenters. The van der Waals surface area contributed by atoms with Gasteiger partial charge < -0.3 is 10.4 Å². The average molecular weight is 325 g/mol. The Bertz CT molecular complexity index is 680. The molecule has 2 aromatic rings. The van der Waals surface area contributed by atoms with Crippen molar-refractivity contribution in [3.05, 3.63) is 71.3 Å². The average Bonchev–Trinajstić information content (AvgIpc) is 2.61. The Labute approximate surface area is 142 Å². The highest BCUT2D eigenvalue weighted by Crippen LogP contribution is 2.16. The van der Waals surface area contributed by atoms with Crippen LogP contribution in [0.1, 0.15) is 47.8 Å². The highest BCUT2D eigenvalue weighted by Gasteiger charge is 2.24. The van der Waals surface area contributed by atoms with E-state index in [0.717, 1.165) is 17.5 Å². The van der Waals surface area contributed by atoms with E-state index in [0.29, 0.717) is 5.56 Å². The summed E-state index contributed by atoms with van der Waals surface area (Å²) in [7, 11) is 0. The quantitative estimate of drug-likeness (QED) is 0.727. The lowest BCUT2D eigenvalue weighted by Crippen LogP contribution is -2.40. The monoisotopic (exact) mass is 325 g/mol. The van der Waals surface area contributed by atoms with Crippen molar-refractivity contribution in [1.82, 2.24) is 5.32 Å². The van der Waals surface area contributed by atoms with Gasteiger partial charge in [-0.2, -0.15) is 0 Å². The molecule has 0 aromatic heterocycles. The highest BCUT2D eigenvalue weighted by molar-refractivity contribution is 6.01. The first-order chi connectivity index (χ1) is 11.5. The zero-order valence-corrected chi connectivity index (χ0v) is 14.0. The van der Waals surface area contributed by atoms with E-state index in [-0.39, 0.29) is 18.2 Å². The van der Waals surface area contributed by atoms with Gasteiger partial charge in [0.05, 0.1) is 12.5 Å². The van der Waals surface area contributed by atoms with Gasteiger partial charge in [0.25, 0.3) is 0 Å². The number of benzene rings is 2. The van der Waals surface area contributed by atoms with Crippen LogP contribution in [0.5, 0.6) is 0 Å². The molecule has 0 spiro atoms. The van der Waals surface area contributed by atoms with E-state index in [1.165, 1.54) is 0 Å². The zero-order valence-electron chi connectivity index (χ0n) is 14.0. The molecule has 0 radical (unpaired) electrons. The van der Waals surface area contributed by atoms with Crippen LogP contribution in [0.3, 0.4) is 0 Å². The number of Topliss-reactive ketones (excluding diaryl/α,β-unsaturated/α-hetero) is 1. The van der Waals surface area contributed by atoms with E-state index in [4.69, 9.17) is 5.11 Å². The van der Waals surface area contributed by atoms with Crippen molar-refractivity contribution in [3.8, 4) is 0 Å². The van der Waals surface area contributed by atoms with Gasteiger partial charge in [0.2, 0.25) is 0 Å². The molecule has 2 N–H and O–H groups in total. The van der Waals surface area contributed by atoms with E-state index >= 15 is 0 Å². The molecular formula is C20H23NO3. The van der Waals surface area contributed by atoms with E-state index < -0.39 is 12.0 Å². The summed E-state index contributed by atoms with van der Waals surface area (Å²) in [5, 5.41) is 12.3. The minimum absolute atomic E-state index is 0.116. The van der Waals surface area contributed by atoms with Gasteiger partial charge in [-0.05, 0) is 24.5 Å². The molecule has 126 valence electrons. The fraction of sp³-hybridized carbons (Fsp3) is 0.300. The van der Waals surface area contributed by atoms with E-state index in [1.54, 1.807) is 12.1 Å². The molecule has 0 heterocycles. The third-order valence-corrected chi connectivity index (χ3v) is 4.09. The number of aliphatic carboxylic acids is 1. The van der Waals surface area contributed by atoms with Crippen LogP contribution in [0.25, 0.3) is 0 Å². The maximum Gasteiger partial charge on any atom is 0.305 e. The predicted molar refractivity (Wildman–Crippen MR) is 94.2 cm³/mol. The van der Waals surface area contributed by atoms with Crippen LogP contribution < -0.4 is 5.32 Å². The first kappa shape index (κ1) is 17.9. The van der Waals surface area contributed by atoms with Gasteiger partial charge in [-0.15, -0.1) is 0 Å². The summed E-state index contributed by atoms with van der Waals surface area (Å²) >= 11 is 0. The lowest BCUT2D eigenvalue weighted by Gasteiger charge is -2.22. The number of nitrogens with one attached hydrogen (secondary N) is 1. The fourth-order valence-electron chi connectivity index (χ4n) is 2.65. The van der Waals surface area contributed by atoms with Crippen LogP contribution in [-0.2, 0) is 11.2 Å². The molecule has 2 rings (SSSR count). The molecule has 0 aliphatic carbocycles. The molecule has 0 bridgehead atoms. The number of hydrogen-bond acceptors (Lipinski definition) is 3. The maximum atomic E-state index is 12.7. The second-order valence-corrected chi connectivity index (χ2v) is 5.86. The van der Waals surface area contributed by atoms with Crippen molar-refractivity contribution < 1.29 is 14.7 Å². The van der Waals surface area contributed by atoms with Crippen molar-refractivity contribution in [2.24, 2.45) is 0 Å². The molecule has 4 nitrogen and oxygen atoms in total.